The molecule has 0 radical (unpaired) electrons. The van der Waals surface area contributed by atoms with Crippen molar-refractivity contribution < 1.29 is 19.4 Å². The van der Waals surface area contributed by atoms with Crippen LogP contribution in [0.1, 0.15) is 33.6 Å². The average Bonchev–Trinajstić information content (AvgIpc) is 2.69. The second kappa shape index (κ2) is 5.11. The lowest BCUT2D eigenvalue weighted by atomic mass is 9.93. The fourth-order valence-electron chi connectivity index (χ4n) is 2.88. The molecule has 2 aliphatic rings. The Morgan fingerprint density at radius 3 is 2.42 bits per heavy atom. The van der Waals surface area contributed by atoms with E-state index in [1.54, 1.807) is 0 Å². The van der Waals surface area contributed by atoms with Crippen molar-refractivity contribution in [3.8, 4) is 0 Å². The van der Waals surface area contributed by atoms with Gasteiger partial charge < -0.3 is 19.4 Å². The van der Waals surface area contributed by atoms with Gasteiger partial charge >= 0.3 is 0 Å². The zero-order chi connectivity index (χ0) is 14.4. The van der Waals surface area contributed by atoms with E-state index in [1.807, 2.05) is 0 Å². The summed E-state index contributed by atoms with van der Waals surface area (Å²) in [6.07, 6.45) is 0.267. The summed E-state index contributed by atoms with van der Waals surface area (Å²) in [6.45, 7) is 11.7. The molecule has 1 aliphatic heterocycles. The van der Waals surface area contributed by atoms with Gasteiger partial charge in [-0.2, -0.15) is 0 Å². The van der Waals surface area contributed by atoms with Gasteiger partial charge in [0.25, 0.3) is 0 Å². The third kappa shape index (κ3) is 3.05. The molecular weight excluding hydrogens is 260 g/mol. The van der Waals surface area contributed by atoms with Crippen LogP contribution in [0.25, 0.3) is 0 Å². The van der Waals surface area contributed by atoms with Crippen LogP contribution in [0.4, 0.5) is 0 Å². The van der Waals surface area contributed by atoms with E-state index in [2.05, 4.69) is 33.9 Å². The molecule has 1 aliphatic carbocycles. The highest BCUT2D eigenvalue weighted by Gasteiger charge is 2.49. The zero-order valence-electron chi connectivity index (χ0n) is 12.7. The van der Waals surface area contributed by atoms with Gasteiger partial charge in [-0.15, -0.1) is 0 Å². The van der Waals surface area contributed by atoms with Crippen LogP contribution in [0.15, 0.2) is 0 Å². The minimum Gasteiger partial charge on any atom is -0.416 e. The van der Waals surface area contributed by atoms with Gasteiger partial charge in [-0.05, 0) is 24.1 Å². The summed E-state index contributed by atoms with van der Waals surface area (Å²) in [4.78, 5) is 0. The Morgan fingerprint density at radius 1 is 1.21 bits per heavy atom. The molecule has 5 atom stereocenters. The molecule has 0 aromatic carbocycles. The first-order chi connectivity index (χ1) is 8.62. The number of aliphatic hydroxyl groups excluding tert-OH is 2. The van der Waals surface area contributed by atoms with Crippen molar-refractivity contribution in [2.45, 2.75) is 70.2 Å². The van der Waals surface area contributed by atoms with E-state index in [0.717, 1.165) is 0 Å². The van der Waals surface area contributed by atoms with Crippen molar-refractivity contribution in [2.24, 2.45) is 11.8 Å². The van der Waals surface area contributed by atoms with Gasteiger partial charge in [-0.3, -0.25) is 0 Å². The SMILES string of the molecule is CC(C)(C)[Si](C)(C)OC[C@@H]1[C@H]2CC(O)O[C@H]2C[C@H]1O. The van der Waals surface area contributed by atoms with E-state index in [4.69, 9.17) is 9.16 Å². The Bertz CT molecular complexity index is 326. The van der Waals surface area contributed by atoms with Crippen molar-refractivity contribution >= 4 is 8.32 Å². The highest BCUT2D eigenvalue weighted by Crippen LogP contribution is 2.44. The van der Waals surface area contributed by atoms with Crippen molar-refractivity contribution in [2.75, 3.05) is 6.61 Å². The Morgan fingerprint density at radius 2 is 1.84 bits per heavy atom. The van der Waals surface area contributed by atoms with Crippen LogP contribution >= 0.6 is 0 Å². The quantitative estimate of drug-likeness (QED) is 0.781. The van der Waals surface area contributed by atoms with Gasteiger partial charge in [0.1, 0.15) is 0 Å². The fraction of sp³-hybridized carbons (Fsp3) is 1.00. The number of fused-ring (bicyclic) bond motifs is 1. The minimum absolute atomic E-state index is 0.0121. The monoisotopic (exact) mass is 288 g/mol. The lowest BCUT2D eigenvalue weighted by molar-refractivity contribution is -0.0952. The van der Waals surface area contributed by atoms with Gasteiger partial charge in [0.2, 0.25) is 0 Å². The zero-order valence-corrected chi connectivity index (χ0v) is 13.7. The number of hydrogen-bond donors (Lipinski definition) is 2. The third-order valence-corrected chi connectivity index (χ3v) is 9.74. The Balaban J connectivity index is 1.96. The molecule has 1 heterocycles. The Hall–Kier alpha value is 0.0569. The highest BCUT2D eigenvalue weighted by atomic mass is 28.4. The van der Waals surface area contributed by atoms with Gasteiger partial charge in [-0.1, -0.05) is 20.8 Å². The lowest BCUT2D eigenvalue weighted by Gasteiger charge is -2.37. The number of rotatable bonds is 3. The normalized spacial score (nSPS) is 39.6. The molecule has 19 heavy (non-hydrogen) atoms. The summed E-state index contributed by atoms with van der Waals surface area (Å²) in [7, 11) is -1.78. The smallest absolute Gasteiger partial charge is 0.191 e. The van der Waals surface area contributed by atoms with E-state index in [9.17, 15) is 10.2 Å². The molecule has 1 saturated carbocycles. The maximum absolute atomic E-state index is 10.2. The standard InChI is InChI=1S/C14H28O4Si/c1-14(2,3)19(4,5)17-8-10-9-6-13(16)18-12(9)7-11(10)15/h9-13,15-16H,6-8H2,1-5H3/t9-,10-,11-,12+,13?/m1/s1. The number of aliphatic hydroxyl groups is 2. The summed E-state index contributed by atoms with van der Waals surface area (Å²) in [5.74, 6) is 0.353. The molecule has 0 bridgehead atoms. The molecule has 0 spiro atoms. The summed E-state index contributed by atoms with van der Waals surface area (Å²) in [5, 5.41) is 19.9. The molecular formula is C14H28O4Si. The summed E-state index contributed by atoms with van der Waals surface area (Å²) >= 11 is 0. The molecule has 2 rings (SSSR count). The maximum Gasteiger partial charge on any atom is 0.191 e. The topological polar surface area (TPSA) is 58.9 Å². The first kappa shape index (κ1) is 15.4. The van der Waals surface area contributed by atoms with Gasteiger partial charge in [0.15, 0.2) is 14.6 Å². The van der Waals surface area contributed by atoms with E-state index in [1.165, 1.54) is 0 Å². The van der Waals surface area contributed by atoms with Crippen molar-refractivity contribution in [1.29, 1.82) is 0 Å². The minimum atomic E-state index is -1.78. The Labute approximate surface area is 117 Å². The Kier molecular flexibility index (Phi) is 4.16. The van der Waals surface area contributed by atoms with Crippen molar-refractivity contribution in [3.05, 3.63) is 0 Å². The molecule has 2 N–H and O–H groups in total. The molecule has 1 unspecified atom stereocenters. The second-order valence-corrected chi connectivity index (χ2v) is 12.4. The largest absolute Gasteiger partial charge is 0.416 e. The van der Waals surface area contributed by atoms with Crippen LogP contribution in [0.5, 0.6) is 0 Å². The van der Waals surface area contributed by atoms with Crippen LogP contribution in [-0.2, 0) is 9.16 Å². The van der Waals surface area contributed by atoms with Crippen LogP contribution in [-0.4, -0.2) is 43.6 Å². The first-order valence-electron chi connectivity index (χ1n) is 7.27. The number of ether oxygens (including phenoxy) is 1. The fourth-order valence-corrected chi connectivity index (χ4v) is 3.92. The molecule has 1 saturated heterocycles. The molecule has 5 heteroatoms. The van der Waals surface area contributed by atoms with Gasteiger partial charge in [0, 0.05) is 25.4 Å². The average molecular weight is 288 g/mol. The van der Waals surface area contributed by atoms with Crippen LogP contribution in [0.2, 0.25) is 18.1 Å². The van der Waals surface area contributed by atoms with Crippen LogP contribution in [0.3, 0.4) is 0 Å². The number of hydrogen-bond acceptors (Lipinski definition) is 4. The van der Waals surface area contributed by atoms with Crippen molar-refractivity contribution in [1.82, 2.24) is 0 Å². The van der Waals surface area contributed by atoms with Crippen molar-refractivity contribution in [3.63, 3.8) is 0 Å². The first-order valence-corrected chi connectivity index (χ1v) is 10.2. The van der Waals surface area contributed by atoms with Crippen LogP contribution < -0.4 is 0 Å². The highest BCUT2D eigenvalue weighted by molar-refractivity contribution is 6.74. The molecule has 4 nitrogen and oxygen atoms in total. The predicted molar refractivity (Wildman–Crippen MR) is 76.2 cm³/mol. The van der Waals surface area contributed by atoms with E-state index >= 15 is 0 Å². The van der Waals surface area contributed by atoms with Crippen LogP contribution in [0, 0.1) is 11.8 Å². The van der Waals surface area contributed by atoms with E-state index < -0.39 is 14.6 Å². The molecule has 0 aromatic heterocycles. The second-order valence-electron chi connectivity index (χ2n) is 7.57. The van der Waals surface area contributed by atoms with Gasteiger partial charge in [0.05, 0.1) is 12.2 Å². The summed E-state index contributed by atoms with van der Waals surface area (Å²) < 4.78 is 11.7. The molecule has 0 amide bonds. The van der Waals surface area contributed by atoms with Gasteiger partial charge in [-0.25, -0.2) is 0 Å². The van der Waals surface area contributed by atoms with E-state index in [-0.39, 0.29) is 29.1 Å². The molecule has 112 valence electrons. The predicted octanol–water partition coefficient (Wildman–Crippen LogP) is 2.11. The lowest BCUT2D eigenvalue weighted by Crippen LogP contribution is -2.43. The van der Waals surface area contributed by atoms with E-state index in [0.29, 0.717) is 19.4 Å². The molecule has 2 fully saturated rings. The maximum atomic E-state index is 10.2. The summed E-state index contributed by atoms with van der Waals surface area (Å²) in [5.41, 5.74) is 0. The molecule has 0 aromatic rings. The summed E-state index contributed by atoms with van der Waals surface area (Å²) in [6, 6.07) is 0. The third-order valence-electron chi connectivity index (χ3n) is 5.24.